The smallest absolute Gasteiger partial charge is 0.341 e. The lowest BCUT2D eigenvalue weighted by Gasteiger charge is -2.05. The molecule has 0 radical (unpaired) electrons. The molecule has 0 saturated carbocycles. The van der Waals surface area contributed by atoms with Crippen LogP contribution in [0.4, 0.5) is 5.00 Å². The molecular formula is C15H19N3O3S4. The van der Waals surface area contributed by atoms with Crippen LogP contribution in [0.2, 0.25) is 0 Å². The summed E-state index contributed by atoms with van der Waals surface area (Å²) in [5.74, 6) is -0.124. The molecule has 136 valence electrons. The zero-order valence-electron chi connectivity index (χ0n) is 14.3. The van der Waals surface area contributed by atoms with Crippen molar-refractivity contribution < 1.29 is 14.3 Å². The van der Waals surface area contributed by atoms with Crippen LogP contribution < -0.4 is 5.32 Å². The minimum atomic E-state index is -0.415. The highest BCUT2D eigenvalue weighted by Crippen LogP contribution is 2.34. The van der Waals surface area contributed by atoms with Gasteiger partial charge in [0, 0.05) is 4.88 Å². The van der Waals surface area contributed by atoms with Crippen LogP contribution in [-0.2, 0) is 9.53 Å². The van der Waals surface area contributed by atoms with Gasteiger partial charge in [0.25, 0.3) is 0 Å². The maximum absolute atomic E-state index is 12.2. The van der Waals surface area contributed by atoms with Crippen LogP contribution in [0.1, 0.15) is 41.9 Å². The number of aromatic nitrogens is 2. The Morgan fingerprint density at radius 3 is 2.60 bits per heavy atom. The SMILES string of the molecule is CCOC(=O)c1cc(C(C)C)sc1NC(=O)CSc1nnc(SC)s1. The Balaban J connectivity index is 2.04. The fourth-order valence-electron chi connectivity index (χ4n) is 1.78. The first-order valence-electron chi connectivity index (χ1n) is 7.55. The molecule has 0 bridgehead atoms. The number of hydrogen-bond acceptors (Lipinski definition) is 9. The molecule has 10 heteroatoms. The van der Waals surface area contributed by atoms with Gasteiger partial charge in [-0.3, -0.25) is 4.79 Å². The molecule has 2 rings (SSSR count). The summed E-state index contributed by atoms with van der Waals surface area (Å²) in [7, 11) is 0. The third-order valence-corrected chi connectivity index (χ3v) is 7.34. The molecule has 25 heavy (non-hydrogen) atoms. The average Bonchev–Trinajstić information content (AvgIpc) is 3.20. The van der Waals surface area contributed by atoms with Crippen molar-refractivity contribution in [2.24, 2.45) is 0 Å². The predicted molar refractivity (Wildman–Crippen MR) is 105 cm³/mol. The molecule has 0 spiro atoms. The number of carbonyl (C=O) groups excluding carboxylic acids is 2. The predicted octanol–water partition coefficient (Wildman–Crippen LogP) is 4.35. The average molecular weight is 418 g/mol. The van der Waals surface area contributed by atoms with E-state index in [9.17, 15) is 9.59 Å². The fraction of sp³-hybridized carbons (Fsp3) is 0.467. The van der Waals surface area contributed by atoms with Gasteiger partial charge in [-0.2, -0.15) is 0 Å². The number of amides is 1. The van der Waals surface area contributed by atoms with E-state index < -0.39 is 5.97 Å². The van der Waals surface area contributed by atoms with Gasteiger partial charge in [-0.25, -0.2) is 4.79 Å². The van der Waals surface area contributed by atoms with Gasteiger partial charge in [-0.1, -0.05) is 48.7 Å². The summed E-state index contributed by atoms with van der Waals surface area (Å²) in [4.78, 5) is 25.4. The van der Waals surface area contributed by atoms with Gasteiger partial charge in [0.05, 0.1) is 17.9 Å². The summed E-state index contributed by atoms with van der Waals surface area (Å²) in [6.07, 6.45) is 1.93. The van der Waals surface area contributed by atoms with Crippen molar-refractivity contribution in [3.63, 3.8) is 0 Å². The van der Waals surface area contributed by atoms with Crippen LogP contribution in [0.15, 0.2) is 14.7 Å². The van der Waals surface area contributed by atoms with Gasteiger partial charge >= 0.3 is 5.97 Å². The van der Waals surface area contributed by atoms with Crippen LogP contribution in [0, 0.1) is 0 Å². The van der Waals surface area contributed by atoms with Crippen molar-refractivity contribution >= 4 is 63.1 Å². The van der Waals surface area contributed by atoms with E-state index in [1.807, 2.05) is 20.1 Å². The van der Waals surface area contributed by atoms with Gasteiger partial charge in [0.1, 0.15) is 5.00 Å². The number of ether oxygens (including phenoxy) is 1. The molecular weight excluding hydrogens is 398 g/mol. The molecule has 0 aliphatic carbocycles. The van der Waals surface area contributed by atoms with Crippen molar-refractivity contribution in [2.45, 2.75) is 35.4 Å². The number of nitrogens with one attached hydrogen (secondary N) is 1. The maximum Gasteiger partial charge on any atom is 0.341 e. The zero-order chi connectivity index (χ0) is 18.4. The van der Waals surface area contributed by atoms with Crippen molar-refractivity contribution in [3.05, 3.63) is 16.5 Å². The first kappa shape index (κ1) is 20.2. The Labute approximate surface area is 163 Å². The molecule has 2 heterocycles. The fourth-order valence-corrected chi connectivity index (χ4v) is 5.08. The molecule has 0 aromatic carbocycles. The van der Waals surface area contributed by atoms with E-state index in [-0.39, 0.29) is 17.6 Å². The summed E-state index contributed by atoms with van der Waals surface area (Å²) in [5.41, 5.74) is 0.412. The van der Waals surface area contributed by atoms with Crippen LogP contribution >= 0.6 is 46.2 Å². The van der Waals surface area contributed by atoms with E-state index in [1.165, 1.54) is 46.2 Å². The molecule has 1 N–H and O–H groups in total. The topological polar surface area (TPSA) is 81.2 Å². The lowest BCUT2D eigenvalue weighted by Crippen LogP contribution is -2.15. The number of esters is 1. The molecule has 2 aromatic rings. The highest BCUT2D eigenvalue weighted by atomic mass is 32.2. The Kier molecular flexibility index (Phi) is 7.73. The summed E-state index contributed by atoms with van der Waals surface area (Å²) in [5, 5.41) is 11.4. The Bertz CT molecular complexity index is 742. The standard InChI is InChI=1S/C15H19N3O3S4/c1-5-21-13(20)9-6-10(8(2)3)24-12(9)16-11(19)7-23-15-18-17-14(22-4)25-15/h6,8H,5,7H2,1-4H3,(H,16,19). The van der Waals surface area contributed by atoms with Gasteiger partial charge in [0.2, 0.25) is 5.91 Å². The normalized spacial score (nSPS) is 10.9. The molecule has 1 amide bonds. The lowest BCUT2D eigenvalue weighted by atomic mass is 10.1. The highest BCUT2D eigenvalue weighted by molar-refractivity contribution is 8.03. The molecule has 0 aliphatic heterocycles. The third kappa shape index (κ3) is 5.70. The van der Waals surface area contributed by atoms with Crippen molar-refractivity contribution in [3.8, 4) is 0 Å². The lowest BCUT2D eigenvalue weighted by molar-refractivity contribution is -0.113. The van der Waals surface area contributed by atoms with E-state index in [0.717, 1.165) is 13.6 Å². The number of rotatable bonds is 8. The van der Waals surface area contributed by atoms with E-state index in [0.29, 0.717) is 17.2 Å². The number of anilines is 1. The Morgan fingerprint density at radius 1 is 1.28 bits per heavy atom. The van der Waals surface area contributed by atoms with Gasteiger partial charge < -0.3 is 10.1 Å². The number of carbonyl (C=O) groups is 2. The van der Waals surface area contributed by atoms with E-state index >= 15 is 0 Å². The van der Waals surface area contributed by atoms with Crippen molar-refractivity contribution in [1.29, 1.82) is 0 Å². The van der Waals surface area contributed by atoms with Gasteiger partial charge in [0.15, 0.2) is 8.68 Å². The van der Waals surface area contributed by atoms with Gasteiger partial charge in [-0.15, -0.1) is 21.5 Å². The molecule has 0 unspecified atom stereocenters. The minimum Gasteiger partial charge on any atom is -0.462 e. The first-order chi connectivity index (χ1) is 11.9. The second kappa shape index (κ2) is 9.56. The monoisotopic (exact) mass is 417 g/mol. The number of thioether (sulfide) groups is 2. The molecule has 2 aromatic heterocycles. The Hall–Kier alpha value is -1.10. The number of thiophene rings is 1. The molecule has 0 aliphatic rings. The van der Waals surface area contributed by atoms with E-state index in [1.54, 1.807) is 13.0 Å². The van der Waals surface area contributed by atoms with Crippen LogP contribution in [0.5, 0.6) is 0 Å². The van der Waals surface area contributed by atoms with E-state index in [2.05, 4.69) is 15.5 Å². The zero-order valence-corrected chi connectivity index (χ0v) is 17.6. The van der Waals surface area contributed by atoms with Crippen LogP contribution in [-0.4, -0.2) is 40.7 Å². The molecule has 6 nitrogen and oxygen atoms in total. The summed E-state index contributed by atoms with van der Waals surface area (Å²) in [6.45, 7) is 6.14. The summed E-state index contributed by atoms with van der Waals surface area (Å²) in [6, 6.07) is 1.80. The maximum atomic E-state index is 12.2. The largest absolute Gasteiger partial charge is 0.462 e. The third-order valence-electron chi connectivity index (χ3n) is 2.96. The second-order valence-electron chi connectivity index (χ2n) is 5.14. The molecule has 0 fully saturated rings. The van der Waals surface area contributed by atoms with E-state index in [4.69, 9.17) is 4.74 Å². The Morgan fingerprint density at radius 2 is 2.00 bits per heavy atom. The van der Waals surface area contributed by atoms with Crippen molar-refractivity contribution in [2.75, 3.05) is 23.9 Å². The summed E-state index contributed by atoms with van der Waals surface area (Å²) >= 11 is 5.72. The molecule has 0 atom stereocenters. The number of nitrogens with zero attached hydrogens (tertiary/aromatic N) is 2. The van der Waals surface area contributed by atoms with Crippen LogP contribution in [0.3, 0.4) is 0 Å². The summed E-state index contributed by atoms with van der Waals surface area (Å²) < 4.78 is 6.70. The second-order valence-corrected chi connectivity index (χ2v) is 9.48. The first-order valence-corrected chi connectivity index (χ1v) is 11.4. The quantitative estimate of drug-likeness (QED) is 0.505. The molecule has 0 saturated heterocycles. The van der Waals surface area contributed by atoms with Gasteiger partial charge in [-0.05, 0) is 25.2 Å². The van der Waals surface area contributed by atoms with Crippen LogP contribution in [0.25, 0.3) is 0 Å². The number of hydrogen-bond donors (Lipinski definition) is 1. The van der Waals surface area contributed by atoms with Crippen molar-refractivity contribution in [1.82, 2.24) is 10.2 Å². The highest BCUT2D eigenvalue weighted by Gasteiger charge is 2.20. The minimum absolute atomic E-state index is 0.186.